The fourth-order valence-electron chi connectivity index (χ4n) is 4.87. The van der Waals surface area contributed by atoms with Gasteiger partial charge in [-0.05, 0) is 59.9 Å². The number of anilines is 1. The minimum Gasteiger partial charge on any atom is -0.360 e. The van der Waals surface area contributed by atoms with Gasteiger partial charge in [-0.2, -0.15) is 0 Å². The third-order valence-electron chi connectivity index (χ3n) is 6.70. The van der Waals surface area contributed by atoms with Crippen molar-refractivity contribution in [3.8, 4) is 0 Å². The molecule has 0 radical (unpaired) electrons. The zero-order valence-corrected chi connectivity index (χ0v) is 15.1. The predicted octanol–water partition coefficient (Wildman–Crippen LogP) is 3.04. The third kappa shape index (κ3) is 2.81. The lowest BCUT2D eigenvalue weighted by Crippen LogP contribution is -3.15. The summed E-state index contributed by atoms with van der Waals surface area (Å²) in [5.41, 5.74) is 3.63. The summed E-state index contributed by atoms with van der Waals surface area (Å²) in [4.78, 5) is 4.26. The number of rotatable bonds is 3. The van der Waals surface area contributed by atoms with E-state index in [0.717, 1.165) is 29.9 Å². The van der Waals surface area contributed by atoms with Crippen molar-refractivity contribution < 1.29 is 4.90 Å². The molecule has 1 N–H and O–H groups in total. The Morgan fingerprint density at radius 2 is 1.87 bits per heavy atom. The summed E-state index contributed by atoms with van der Waals surface area (Å²) in [6.45, 7) is 11.0. The van der Waals surface area contributed by atoms with Gasteiger partial charge in [0.2, 0.25) is 0 Å². The number of hydrogen-bond acceptors (Lipinski definition) is 1. The van der Waals surface area contributed by atoms with Gasteiger partial charge in [-0.1, -0.05) is 31.5 Å². The lowest BCUT2D eigenvalue weighted by molar-refractivity contribution is -0.896. The molecule has 4 aliphatic rings. The summed E-state index contributed by atoms with van der Waals surface area (Å²) < 4.78 is 0. The lowest BCUT2D eigenvalue weighted by Gasteiger charge is -2.56. The number of halogens is 1. The van der Waals surface area contributed by atoms with Gasteiger partial charge < -0.3 is 9.80 Å². The van der Waals surface area contributed by atoms with Crippen molar-refractivity contribution in [2.45, 2.75) is 26.7 Å². The Hall–Kier alpha value is -0.990. The van der Waals surface area contributed by atoms with Crippen LogP contribution in [0.15, 0.2) is 35.9 Å². The Kier molecular flexibility index (Phi) is 3.93. The number of hydrogen-bond donors (Lipinski definition) is 1. The summed E-state index contributed by atoms with van der Waals surface area (Å²) >= 11 is 5.99. The molecule has 0 spiro atoms. The van der Waals surface area contributed by atoms with E-state index in [4.69, 9.17) is 11.6 Å². The molecule has 5 rings (SSSR count). The van der Waals surface area contributed by atoms with Gasteiger partial charge in [0.05, 0.1) is 32.7 Å². The molecular formula is C20H28ClN2+. The van der Waals surface area contributed by atoms with Crippen molar-refractivity contribution in [2.75, 3.05) is 37.6 Å². The number of quaternary nitrogens is 1. The molecule has 3 aliphatic carbocycles. The van der Waals surface area contributed by atoms with Crippen LogP contribution in [-0.2, 0) is 0 Å². The van der Waals surface area contributed by atoms with Gasteiger partial charge in [0, 0.05) is 10.7 Å². The van der Waals surface area contributed by atoms with Crippen LogP contribution >= 0.6 is 11.6 Å². The Morgan fingerprint density at radius 3 is 2.48 bits per heavy atom. The first-order valence-electron chi connectivity index (χ1n) is 9.07. The predicted molar refractivity (Wildman–Crippen MR) is 97.3 cm³/mol. The highest BCUT2D eigenvalue weighted by Gasteiger charge is 2.51. The van der Waals surface area contributed by atoms with E-state index in [0.29, 0.717) is 5.41 Å². The molecule has 2 nitrogen and oxygen atoms in total. The molecule has 0 aromatic heterocycles. The molecule has 1 aliphatic heterocycles. The molecule has 3 heteroatoms. The Morgan fingerprint density at radius 1 is 1.17 bits per heavy atom. The van der Waals surface area contributed by atoms with E-state index in [2.05, 4.69) is 37.0 Å². The third-order valence-corrected chi connectivity index (χ3v) is 6.95. The van der Waals surface area contributed by atoms with Gasteiger partial charge in [-0.25, -0.2) is 0 Å². The summed E-state index contributed by atoms with van der Waals surface area (Å²) in [5, 5.41) is 0.823. The van der Waals surface area contributed by atoms with Crippen LogP contribution in [0.5, 0.6) is 0 Å². The van der Waals surface area contributed by atoms with Gasteiger partial charge in [0.25, 0.3) is 0 Å². The molecule has 124 valence electrons. The van der Waals surface area contributed by atoms with Crippen LogP contribution < -0.4 is 9.80 Å². The van der Waals surface area contributed by atoms with Gasteiger partial charge in [0.15, 0.2) is 0 Å². The summed E-state index contributed by atoms with van der Waals surface area (Å²) in [6, 6.07) is 8.29. The fraction of sp³-hybridized carbons (Fsp3) is 0.600. The normalized spacial score (nSPS) is 29.9. The molecule has 2 fully saturated rings. The summed E-state index contributed by atoms with van der Waals surface area (Å²) in [6.07, 6.45) is 5.34. The second-order valence-corrected chi connectivity index (χ2v) is 8.65. The average molecular weight is 332 g/mol. The van der Waals surface area contributed by atoms with Crippen LogP contribution in [0.4, 0.5) is 5.69 Å². The number of nitrogens with zero attached hydrogens (tertiary/aromatic N) is 1. The molecule has 0 amide bonds. The average Bonchev–Trinajstić information content (AvgIpc) is 2.56. The van der Waals surface area contributed by atoms with Crippen LogP contribution in [0.2, 0.25) is 5.02 Å². The molecule has 1 saturated heterocycles. The second kappa shape index (κ2) is 5.82. The maximum atomic E-state index is 5.99. The zero-order chi connectivity index (χ0) is 16.0. The molecule has 1 heterocycles. The van der Waals surface area contributed by atoms with E-state index in [-0.39, 0.29) is 0 Å². The Labute approximate surface area is 145 Å². The van der Waals surface area contributed by atoms with Crippen molar-refractivity contribution in [3.63, 3.8) is 0 Å². The van der Waals surface area contributed by atoms with Gasteiger partial charge in [-0.3, -0.25) is 0 Å². The fourth-order valence-corrected chi connectivity index (χ4v) is 5.00. The van der Waals surface area contributed by atoms with Crippen molar-refractivity contribution in [1.82, 2.24) is 0 Å². The molecule has 1 aromatic carbocycles. The van der Waals surface area contributed by atoms with E-state index in [1.807, 2.05) is 12.1 Å². The standard InChI is InChI=1S/C20H27ClN2/c1-20(2)16-4-3-15(19(20)13-16)14-22-9-11-23(12-10-22)18-7-5-17(21)6-8-18/h3,5-8,16,19H,4,9-14H2,1-2H3/p+1/t16-,19-/m1/s1. The number of fused-ring (bicyclic) bond motifs is 1. The van der Waals surface area contributed by atoms with Crippen molar-refractivity contribution in [2.24, 2.45) is 17.3 Å². The van der Waals surface area contributed by atoms with E-state index < -0.39 is 0 Å². The van der Waals surface area contributed by atoms with Crippen molar-refractivity contribution >= 4 is 17.3 Å². The second-order valence-electron chi connectivity index (χ2n) is 8.21. The quantitative estimate of drug-likeness (QED) is 0.837. The molecule has 2 atom stereocenters. The lowest BCUT2D eigenvalue weighted by atomic mass is 9.49. The molecular weight excluding hydrogens is 304 g/mol. The first-order valence-corrected chi connectivity index (χ1v) is 9.45. The molecule has 2 bridgehead atoms. The maximum absolute atomic E-state index is 5.99. The SMILES string of the molecule is CC1(C)[C@@H]2CC=C(C[NH+]3CCN(c4ccc(Cl)cc4)CC3)[C@H]1C2. The highest BCUT2D eigenvalue weighted by atomic mass is 35.5. The maximum Gasteiger partial charge on any atom is 0.0991 e. The van der Waals surface area contributed by atoms with Crippen LogP contribution in [-0.4, -0.2) is 32.7 Å². The molecule has 1 aromatic rings. The summed E-state index contributed by atoms with van der Waals surface area (Å²) in [7, 11) is 0. The van der Waals surface area contributed by atoms with Crippen molar-refractivity contribution in [1.29, 1.82) is 0 Å². The summed E-state index contributed by atoms with van der Waals surface area (Å²) in [5.74, 6) is 1.82. The minimum absolute atomic E-state index is 0.564. The van der Waals surface area contributed by atoms with Gasteiger partial charge in [0.1, 0.15) is 0 Å². The first kappa shape index (κ1) is 15.5. The Balaban J connectivity index is 1.34. The minimum atomic E-state index is 0.564. The highest BCUT2D eigenvalue weighted by molar-refractivity contribution is 6.30. The monoisotopic (exact) mass is 331 g/mol. The Bertz CT molecular complexity index is 597. The van der Waals surface area contributed by atoms with Crippen LogP contribution in [0.3, 0.4) is 0 Å². The van der Waals surface area contributed by atoms with E-state index in [1.54, 1.807) is 10.5 Å². The van der Waals surface area contributed by atoms with Gasteiger partial charge >= 0.3 is 0 Å². The number of benzene rings is 1. The largest absolute Gasteiger partial charge is 0.360 e. The van der Waals surface area contributed by atoms with Crippen molar-refractivity contribution in [3.05, 3.63) is 40.9 Å². The topological polar surface area (TPSA) is 7.68 Å². The smallest absolute Gasteiger partial charge is 0.0991 e. The number of allylic oxidation sites excluding steroid dienone is 1. The number of piperazine rings is 1. The molecule has 23 heavy (non-hydrogen) atoms. The highest BCUT2D eigenvalue weighted by Crippen LogP contribution is 2.58. The molecule has 1 saturated carbocycles. The molecule has 0 unspecified atom stereocenters. The van der Waals surface area contributed by atoms with Crippen LogP contribution in [0.1, 0.15) is 26.7 Å². The first-order chi connectivity index (χ1) is 11.0. The van der Waals surface area contributed by atoms with E-state index in [1.165, 1.54) is 38.2 Å². The van der Waals surface area contributed by atoms with E-state index >= 15 is 0 Å². The van der Waals surface area contributed by atoms with Gasteiger partial charge in [-0.15, -0.1) is 0 Å². The zero-order valence-electron chi connectivity index (χ0n) is 14.3. The van der Waals surface area contributed by atoms with Crippen LogP contribution in [0, 0.1) is 17.3 Å². The van der Waals surface area contributed by atoms with Crippen LogP contribution in [0.25, 0.3) is 0 Å². The number of nitrogens with one attached hydrogen (secondary N) is 1. The van der Waals surface area contributed by atoms with E-state index in [9.17, 15) is 0 Å².